The normalized spacial score (nSPS) is 10.6. The number of carbonyl (C=O) groups excluding carboxylic acids is 3. The second kappa shape index (κ2) is 19.2. The monoisotopic (exact) mass is 390 g/mol. The Kier molecular flexibility index (Phi) is 18.1. The minimum atomic E-state index is -0.0977. The first kappa shape index (κ1) is 25.4. The van der Waals surface area contributed by atoms with Crippen LogP contribution in [0.3, 0.4) is 0 Å². The minimum Gasteiger partial charge on any atom is -0.379 e. The number of amides is 2. The molecule has 0 bridgehead atoms. The van der Waals surface area contributed by atoms with Gasteiger partial charge in [0.2, 0.25) is 11.8 Å². The molecule has 0 heterocycles. The molecule has 0 aliphatic rings. The smallest absolute Gasteiger partial charge is 0.222 e. The van der Waals surface area contributed by atoms with Crippen LogP contribution in [0.5, 0.6) is 0 Å². The van der Waals surface area contributed by atoms with Gasteiger partial charge in [-0.05, 0) is 6.92 Å². The van der Waals surface area contributed by atoms with Gasteiger partial charge in [-0.2, -0.15) is 0 Å². The van der Waals surface area contributed by atoms with Gasteiger partial charge in [-0.15, -0.1) is 0 Å². The summed E-state index contributed by atoms with van der Waals surface area (Å²) in [5, 5.41) is 5.44. The van der Waals surface area contributed by atoms with Crippen molar-refractivity contribution in [2.45, 2.75) is 33.1 Å². The van der Waals surface area contributed by atoms with Crippen LogP contribution in [0.4, 0.5) is 0 Å². The first-order chi connectivity index (χ1) is 13.1. The van der Waals surface area contributed by atoms with E-state index < -0.39 is 0 Å². The van der Waals surface area contributed by atoms with Crippen LogP contribution < -0.4 is 10.6 Å². The Balaban J connectivity index is 3.22. The molecule has 0 aliphatic carbocycles. The van der Waals surface area contributed by atoms with Gasteiger partial charge in [-0.3, -0.25) is 14.4 Å². The van der Waals surface area contributed by atoms with Crippen molar-refractivity contribution in [1.82, 2.24) is 10.6 Å². The summed E-state index contributed by atoms with van der Waals surface area (Å²) in [6.07, 6.45) is 1.16. The van der Waals surface area contributed by atoms with Gasteiger partial charge in [0, 0.05) is 32.4 Å². The van der Waals surface area contributed by atoms with Crippen LogP contribution in [0.2, 0.25) is 0 Å². The van der Waals surface area contributed by atoms with E-state index in [9.17, 15) is 14.4 Å². The molecule has 0 atom stereocenters. The Morgan fingerprint density at radius 2 is 1.07 bits per heavy atom. The molecule has 158 valence electrons. The molecular weight excluding hydrogens is 356 g/mol. The molecule has 2 amide bonds. The molecule has 0 aromatic carbocycles. The number of rotatable bonds is 19. The molecule has 9 nitrogen and oxygen atoms in total. The Hall–Kier alpha value is -1.55. The lowest BCUT2D eigenvalue weighted by molar-refractivity contribution is -0.122. The van der Waals surface area contributed by atoms with Crippen molar-refractivity contribution >= 4 is 17.6 Å². The zero-order chi connectivity index (χ0) is 20.2. The Labute approximate surface area is 161 Å². The van der Waals surface area contributed by atoms with Crippen molar-refractivity contribution in [2.24, 2.45) is 0 Å². The summed E-state index contributed by atoms with van der Waals surface area (Å²) < 4.78 is 21.1. The number of ether oxygens (including phenoxy) is 4. The highest BCUT2D eigenvalue weighted by Crippen LogP contribution is 1.87. The van der Waals surface area contributed by atoms with Gasteiger partial charge in [0.1, 0.15) is 5.78 Å². The molecule has 0 radical (unpaired) electrons. The van der Waals surface area contributed by atoms with Crippen molar-refractivity contribution in [3.8, 4) is 0 Å². The van der Waals surface area contributed by atoms with E-state index in [1.54, 1.807) is 6.92 Å². The maximum absolute atomic E-state index is 11.6. The van der Waals surface area contributed by atoms with Crippen molar-refractivity contribution in [3.63, 3.8) is 0 Å². The highest BCUT2D eigenvalue weighted by atomic mass is 16.5. The number of carbonyl (C=O) groups is 3. The summed E-state index contributed by atoms with van der Waals surface area (Å²) in [5.41, 5.74) is 0. The standard InChI is InChI=1S/C18H34N2O7/c1-3-17(22)19-6-10-26-15-13-25-9-5-18(23)20-7-11-27-14-12-24-8-4-16(2)21/h3-15H2,1-2H3,(H,19,22)(H,20,23). The average molecular weight is 390 g/mol. The molecule has 0 rings (SSSR count). The molecule has 27 heavy (non-hydrogen) atoms. The summed E-state index contributed by atoms with van der Waals surface area (Å²) in [7, 11) is 0. The van der Waals surface area contributed by atoms with Gasteiger partial charge in [-0.1, -0.05) is 6.92 Å². The molecular formula is C18H34N2O7. The van der Waals surface area contributed by atoms with Crippen LogP contribution in [0, 0.1) is 0 Å². The Bertz CT molecular complexity index is 405. The first-order valence-corrected chi connectivity index (χ1v) is 9.40. The number of hydrogen-bond acceptors (Lipinski definition) is 7. The minimum absolute atomic E-state index is 0.00394. The van der Waals surface area contributed by atoms with Gasteiger partial charge in [0.15, 0.2) is 0 Å². The van der Waals surface area contributed by atoms with Crippen LogP contribution in [0.25, 0.3) is 0 Å². The molecule has 0 aliphatic heterocycles. The topological polar surface area (TPSA) is 112 Å². The predicted octanol–water partition coefficient (Wildman–Crippen LogP) is 0.0644. The van der Waals surface area contributed by atoms with Crippen molar-refractivity contribution in [1.29, 1.82) is 0 Å². The van der Waals surface area contributed by atoms with E-state index in [1.807, 2.05) is 0 Å². The van der Waals surface area contributed by atoms with Gasteiger partial charge in [-0.25, -0.2) is 0 Å². The molecule has 0 fully saturated rings. The average Bonchev–Trinajstić information content (AvgIpc) is 2.64. The molecule has 9 heteroatoms. The highest BCUT2D eigenvalue weighted by Gasteiger charge is 2.01. The number of ketones is 1. The van der Waals surface area contributed by atoms with Crippen molar-refractivity contribution in [3.05, 3.63) is 0 Å². The van der Waals surface area contributed by atoms with E-state index in [1.165, 1.54) is 6.92 Å². The number of hydrogen-bond donors (Lipinski definition) is 2. The number of Topliss-reactive ketones (excluding diaryl/α,β-unsaturated/α-hetero) is 1. The Morgan fingerprint density at radius 3 is 1.56 bits per heavy atom. The summed E-state index contributed by atoms with van der Waals surface area (Å²) in [4.78, 5) is 33.3. The fourth-order valence-corrected chi connectivity index (χ4v) is 1.76. The lowest BCUT2D eigenvalue weighted by Crippen LogP contribution is -2.28. The van der Waals surface area contributed by atoms with E-state index in [0.717, 1.165) is 0 Å². The lowest BCUT2D eigenvalue weighted by atomic mass is 10.3. The fourth-order valence-electron chi connectivity index (χ4n) is 1.76. The second-order valence-electron chi connectivity index (χ2n) is 5.70. The second-order valence-corrected chi connectivity index (χ2v) is 5.70. The SMILES string of the molecule is CCC(=O)NCCOCCOCCC(=O)NCCOCCOCCC(C)=O. The molecule has 0 saturated carbocycles. The lowest BCUT2D eigenvalue weighted by Gasteiger charge is -2.08. The first-order valence-electron chi connectivity index (χ1n) is 9.40. The van der Waals surface area contributed by atoms with Crippen LogP contribution in [0.15, 0.2) is 0 Å². The predicted molar refractivity (Wildman–Crippen MR) is 99.5 cm³/mol. The summed E-state index contributed by atoms with van der Waals surface area (Å²) in [6.45, 7) is 7.52. The summed E-state index contributed by atoms with van der Waals surface area (Å²) in [5.74, 6) is 0.0105. The van der Waals surface area contributed by atoms with E-state index >= 15 is 0 Å². The summed E-state index contributed by atoms with van der Waals surface area (Å²) >= 11 is 0. The molecule has 0 spiro atoms. The molecule has 0 aromatic rings. The van der Waals surface area contributed by atoms with E-state index in [0.29, 0.717) is 78.8 Å². The third-order valence-corrected chi connectivity index (χ3v) is 3.27. The van der Waals surface area contributed by atoms with Gasteiger partial charge >= 0.3 is 0 Å². The van der Waals surface area contributed by atoms with Crippen LogP contribution >= 0.6 is 0 Å². The zero-order valence-electron chi connectivity index (χ0n) is 16.6. The van der Waals surface area contributed by atoms with Gasteiger partial charge < -0.3 is 29.6 Å². The Morgan fingerprint density at radius 1 is 0.630 bits per heavy atom. The molecule has 0 saturated heterocycles. The molecule has 0 unspecified atom stereocenters. The fraction of sp³-hybridized carbons (Fsp3) is 0.833. The number of nitrogens with one attached hydrogen (secondary N) is 2. The third-order valence-electron chi connectivity index (χ3n) is 3.27. The van der Waals surface area contributed by atoms with E-state index in [4.69, 9.17) is 18.9 Å². The largest absolute Gasteiger partial charge is 0.379 e. The zero-order valence-corrected chi connectivity index (χ0v) is 16.6. The van der Waals surface area contributed by atoms with Crippen LogP contribution in [0.1, 0.15) is 33.1 Å². The summed E-state index contributed by atoms with van der Waals surface area (Å²) in [6, 6.07) is 0. The molecule has 0 aromatic heterocycles. The van der Waals surface area contributed by atoms with Gasteiger partial charge in [0.25, 0.3) is 0 Å². The maximum atomic E-state index is 11.6. The third kappa shape index (κ3) is 20.6. The van der Waals surface area contributed by atoms with Crippen LogP contribution in [-0.2, 0) is 33.3 Å². The van der Waals surface area contributed by atoms with Gasteiger partial charge in [0.05, 0.1) is 52.9 Å². The van der Waals surface area contributed by atoms with Crippen molar-refractivity contribution < 1.29 is 33.3 Å². The quantitative estimate of drug-likeness (QED) is 0.300. The van der Waals surface area contributed by atoms with E-state index in [2.05, 4.69) is 10.6 Å². The van der Waals surface area contributed by atoms with Crippen LogP contribution in [-0.4, -0.2) is 83.5 Å². The molecule has 2 N–H and O–H groups in total. The highest BCUT2D eigenvalue weighted by molar-refractivity contribution is 5.76. The van der Waals surface area contributed by atoms with E-state index in [-0.39, 0.29) is 24.0 Å². The van der Waals surface area contributed by atoms with Crippen molar-refractivity contribution in [2.75, 3.05) is 65.9 Å². The maximum Gasteiger partial charge on any atom is 0.222 e.